The Bertz CT molecular complexity index is 1090. The summed E-state index contributed by atoms with van der Waals surface area (Å²) >= 11 is 0. The number of carbonyl (C=O) groups excluding carboxylic acids is 2. The van der Waals surface area contributed by atoms with Crippen molar-refractivity contribution >= 4 is 11.8 Å². The highest BCUT2D eigenvalue weighted by Crippen LogP contribution is 2.19. The maximum atomic E-state index is 13.1. The van der Waals surface area contributed by atoms with E-state index in [0.717, 1.165) is 11.3 Å². The Morgan fingerprint density at radius 2 is 1.87 bits per heavy atom. The minimum Gasteiger partial charge on any atom is -0.488 e. The van der Waals surface area contributed by atoms with Crippen LogP contribution in [-0.4, -0.2) is 28.2 Å². The predicted molar refractivity (Wildman–Crippen MR) is 115 cm³/mol. The van der Waals surface area contributed by atoms with E-state index in [1.807, 2.05) is 24.3 Å². The van der Waals surface area contributed by atoms with Gasteiger partial charge in [0.15, 0.2) is 0 Å². The number of hydrogen-bond donors (Lipinski definition) is 1. The molecule has 0 spiro atoms. The van der Waals surface area contributed by atoms with E-state index in [4.69, 9.17) is 15.7 Å². The number of nitriles is 1. The van der Waals surface area contributed by atoms with Gasteiger partial charge < -0.3 is 15.4 Å². The molecule has 0 atom stereocenters. The highest BCUT2D eigenvalue weighted by atomic mass is 16.5. The van der Waals surface area contributed by atoms with Crippen molar-refractivity contribution in [3.05, 3.63) is 95.3 Å². The molecule has 2 aromatic carbocycles. The monoisotopic (exact) mass is 414 g/mol. The third-order valence-corrected chi connectivity index (χ3v) is 4.58. The number of pyridine rings is 1. The molecule has 3 aromatic rings. The van der Waals surface area contributed by atoms with Gasteiger partial charge in [-0.2, -0.15) is 5.26 Å². The highest BCUT2D eigenvalue weighted by Gasteiger charge is 2.17. The van der Waals surface area contributed by atoms with E-state index in [0.29, 0.717) is 30.0 Å². The number of carbonyl (C=O) groups is 2. The second kappa shape index (κ2) is 10.6. The molecule has 3 rings (SSSR count). The molecular weight excluding hydrogens is 392 g/mol. The molecule has 0 unspecified atom stereocenters. The lowest BCUT2D eigenvalue weighted by atomic mass is 10.1. The zero-order valence-corrected chi connectivity index (χ0v) is 16.9. The number of nitrogens with zero attached hydrogens (tertiary/aromatic N) is 3. The fourth-order valence-electron chi connectivity index (χ4n) is 3.06. The maximum absolute atomic E-state index is 13.1. The molecule has 0 aliphatic heterocycles. The quantitative estimate of drug-likeness (QED) is 0.578. The van der Waals surface area contributed by atoms with E-state index in [-0.39, 0.29) is 18.9 Å². The first-order chi connectivity index (χ1) is 15.1. The van der Waals surface area contributed by atoms with Crippen molar-refractivity contribution < 1.29 is 14.3 Å². The molecule has 7 nitrogen and oxygen atoms in total. The summed E-state index contributed by atoms with van der Waals surface area (Å²) in [6.45, 7) is 0.788. The van der Waals surface area contributed by atoms with E-state index >= 15 is 0 Å². The van der Waals surface area contributed by atoms with Crippen LogP contribution in [0.2, 0.25) is 0 Å². The third-order valence-electron chi connectivity index (χ3n) is 4.58. The number of aromatic nitrogens is 1. The van der Waals surface area contributed by atoms with Crippen LogP contribution in [0.5, 0.6) is 5.75 Å². The van der Waals surface area contributed by atoms with Gasteiger partial charge in [-0.3, -0.25) is 14.6 Å². The summed E-state index contributed by atoms with van der Waals surface area (Å²) in [7, 11) is 0. The molecule has 1 heterocycles. The number of amides is 2. The number of rotatable bonds is 9. The molecule has 0 bridgehead atoms. The van der Waals surface area contributed by atoms with Crippen molar-refractivity contribution in [1.29, 1.82) is 5.26 Å². The van der Waals surface area contributed by atoms with Crippen molar-refractivity contribution in [2.45, 2.75) is 19.6 Å². The normalized spacial score (nSPS) is 10.2. The molecule has 2 N–H and O–H groups in total. The van der Waals surface area contributed by atoms with Crippen LogP contribution in [-0.2, 0) is 13.2 Å². The van der Waals surface area contributed by atoms with Crippen LogP contribution >= 0.6 is 0 Å². The van der Waals surface area contributed by atoms with E-state index in [1.165, 1.54) is 0 Å². The highest BCUT2D eigenvalue weighted by molar-refractivity contribution is 5.95. The van der Waals surface area contributed by atoms with E-state index in [9.17, 15) is 9.59 Å². The molecule has 31 heavy (non-hydrogen) atoms. The van der Waals surface area contributed by atoms with Crippen LogP contribution in [0.3, 0.4) is 0 Å². The van der Waals surface area contributed by atoms with Gasteiger partial charge in [0, 0.05) is 18.3 Å². The van der Waals surface area contributed by atoms with Gasteiger partial charge in [-0.15, -0.1) is 0 Å². The second-order valence-corrected chi connectivity index (χ2v) is 6.81. The molecule has 1 aromatic heterocycles. The predicted octanol–water partition coefficient (Wildman–Crippen LogP) is 3.32. The SMILES string of the molecule is N#CCCN(Cc1ccccn1)C(=O)c1cccc(COc2ccccc2C(N)=O)c1. The smallest absolute Gasteiger partial charge is 0.254 e. The summed E-state index contributed by atoms with van der Waals surface area (Å²) in [6, 6.07) is 21.4. The van der Waals surface area contributed by atoms with Crippen LogP contribution in [0.25, 0.3) is 0 Å². The average Bonchev–Trinajstić information content (AvgIpc) is 2.81. The topological polar surface area (TPSA) is 109 Å². The van der Waals surface area contributed by atoms with Crippen molar-refractivity contribution in [3.8, 4) is 11.8 Å². The zero-order chi connectivity index (χ0) is 22.1. The summed E-state index contributed by atoms with van der Waals surface area (Å²) in [4.78, 5) is 30.5. The summed E-state index contributed by atoms with van der Waals surface area (Å²) in [5.41, 5.74) is 7.68. The van der Waals surface area contributed by atoms with Gasteiger partial charge >= 0.3 is 0 Å². The summed E-state index contributed by atoms with van der Waals surface area (Å²) in [5, 5.41) is 8.96. The Hall–Kier alpha value is -4.18. The minimum atomic E-state index is -0.567. The Morgan fingerprint density at radius 1 is 1.06 bits per heavy atom. The molecule has 0 aliphatic carbocycles. The number of benzene rings is 2. The van der Waals surface area contributed by atoms with Gasteiger partial charge in [0.2, 0.25) is 0 Å². The van der Waals surface area contributed by atoms with Crippen LogP contribution < -0.4 is 10.5 Å². The maximum Gasteiger partial charge on any atom is 0.254 e. The molecule has 0 saturated carbocycles. The van der Waals surface area contributed by atoms with Crippen molar-refractivity contribution in [2.24, 2.45) is 5.73 Å². The lowest BCUT2D eigenvalue weighted by molar-refractivity contribution is 0.0744. The number of para-hydroxylation sites is 1. The Kier molecular flexibility index (Phi) is 7.33. The Balaban J connectivity index is 1.75. The van der Waals surface area contributed by atoms with Crippen LogP contribution in [0.15, 0.2) is 72.9 Å². The first-order valence-corrected chi connectivity index (χ1v) is 9.75. The Labute approximate surface area is 180 Å². The van der Waals surface area contributed by atoms with Gasteiger partial charge in [0.1, 0.15) is 12.4 Å². The second-order valence-electron chi connectivity index (χ2n) is 6.81. The Morgan fingerprint density at radius 3 is 2.61 bits per heavy atom. The fraction of sp³-hybridized carbons (Fsp3) is 0.167. The first kappa shape index (κ1) is 21.5. The van der Waals surface area contributed by atoms with Gasteiger partial charge in [-0.1, -0.05) is 30.3 Å². The van der Waals surface area contributed by atoms with Gasteiger partial charge in [0.05, 0.1) is 30.3 Å². The van der Waals surface area contributed by atoms with Crippen LogP contribution in [0.1, 0.15) is 38.4 Å². The molecule has 2 amide bonds. The molecule has 156 valence electrons. The standard InChI is InChI=1S/C24H22N4O3/c25-12-6-14-28(16-20-9-3-4-13-27-20)24(30)19-8-5-7-18(15-19)17-31-22-11-2-1-10-21(22)23(26)29/h1-5,7-11,13,15H,6,14,16-17H2,(H2,26,29). The number of hydrogen-bond acceptors (Lipinski definition) is 5. The van der Waals surface area contributed by atoms with Crippen LogP contribution in [0, 0.1) is 11.3 Å². The van der Waals surface area contributed by atoms with Crippen molar-refractivity contribution in [1.82, 2.24) is 9.88 Å². The lowest BCUT2D eigenvalue weighted by Gasteiger charge is -2.21. The van der Waals surface area contributed by atoms with Gasteiger partial charge in [0.25, 0.3) is 11.8 Å². The summed E-state index contributed by atoms with van der Waals surface area (Å²) in [5.74, 6) is -0.375. The number of nitrogens with two attached hydrogens (primary N) is 1. The minimum absolute atomic E-state index is 0.170. The van der Waals surface area contributed by atoms with Crippen LogP contribution in [0.4, 0.5) is 0 Å². The van der Waals surface area contributed by atoms with E-state index in [2.05, 4.69) is 11.1 Å². The molecule has 0 aliphatic rings. The van der Waals surface area contributed by atoms with Crippen molar-refractivity contribution in [3.63, 3.8) is 0 Å². The van der Waals surface area contributed by atoms with E-state index in [1.54, 1.807) is 53.6 Å². The molecule has 0 saturated heterocycles. The van der Waals surface area contributed by atoms with Crippen molar-refractivity contribution in [2.75, 3.05) is 6.54 Å². The average molecular weight is 414 g/mol. The fourth-order valence-corrected chi connectivity index (χ4v) is 3.06. The first-order valence-electron chi connectivity index (χ1n) is 9.75. The molecule has 7 heteroatoms. The number of primary amides is 1. The third kappa shape index (κ3) is 5.90. The lowest BCUT2D eigenvalue weighted by Crippen LogP contribution is -2.31. The zero-order valence-electron chi connectivity index (χ0n) is 16.9. The van der Waals surface area contributed by atoms with Gasteiger partial charge in [-0.05, 0) is 42.0 Å². The van der Waals surface area contributed by atoms with E-state index < -0.39 is 5.91 Å². The summed E-state index contributed by atoms with van der Waals surface area (Å²) < 4.78 is 5.76. The molecule has 0 fully saturated rings. The molecule has 0 radical (unpaired) electrons. The van der Waals surface area contributed by atoms with Gasteiger partial charge in [-0.25, -0.2) is 0 Å². The summed E-state index contributed by atoms with van der Waals surface area (Å²) in [6.07, 6.45) is 1.90. The largest absolute Gasteiger partial charge is 0.488 e. The number of ether oxygens (including phenoxy) is 1. The molecular formula is C24H22N4O3.